The van der Waals surface area contributed by atoms with Crippen molar-refractivity contribution in [3.63, 3.8) is 0 Å². The van der Waals surface area contributed by atoms with E-state index in [-0.39, 0.29) is 17.2 Å². The van der Waals surface area contributed by atoms with Gasteiger partial charge in [-0.2, -0.15) is 0 Å². The summed E-state index contributed by atoms with van der Waals surface area (Å²) in [5, 5.41) is 2.71. The molecular formula is C17H17BrFNO2. The van der Waals surface area contributed by atoms with E-state index in [4.69, 9.17) is 4.74 Å². The molecule has 0 aliphatic heterocycles. The van der Waals surface area contributed by atoms with Crippen LogP contribution in [0.25, 0.3) is 0 Å². The first-order valence-electron chi connectivity index (χ1n) is 6.97. The van der Waals surface area contributed by atoms with Crippen LogP contribution in [0, 0.1) is 11.7 Å². The maximum atomic E-state index is 14.2. The summed E-state index contributed by atoms with van der Waals surface area (Å²) in [5.74, 6) is -0.107. The summed E-state index contributed by atoms with van der Waals surface area (Å²) >= 11 is 3.22. The molecule has 1 N–H and O–H groups in total. The van der Waals surface area contributed by atoms with Gasteiger partial charge in [0.2, 0.25) is 0 Å². The fourth-order valence-corrected chi connectivity index (χ4v) is 2.26. The van der Waals surface area contributed by atoms with Gasteiger partial charge in [0.05, 0.1) is 0 Å². The molecule has 0 bridgehead atoms. The third-order valence-corrected chi connectivity index (χ3v) is 3.35. The summed E-state index contributed by atoms with van der Waals surface area (Å²) in [7, 11) is 0. The van der Waals surface area contributed by atoms with Crippen molar-refractivity contribution < 1.29 is 13.9 Å². The number of carbonyl (C=O) groups excluding carboxylic acids is 1. The fourth-order valence-electron chi connectivity index (χ4n) is 1.85. The van der Waals surface area contributed by atoms with Gasteiger partial charge in [-0.25, -0.2) is 4.39 Å². The summed E-state index contributed by atoms with van der Waals surface area (Å²) in [5.41, 5.74) is -0.0901. The van der Waals surface area contributed by atoms with Crippen molar-refractivity contribution >= 4 is 21.8 Å². The van der Waals surface area contributed by atoms with E-state index < -0.39 is 11.7 Å². The molecule has 22 heavy (non-hydrogen) atoms. The van der Waals surface area contributed by atoms with E-state index in [0.717, 1.165) is 0 Å². The molecule has 0 aromatic heterocycles. The number of para-hydroxylation sites is 1. The zero-order valence-corrected chi connectivity index (χ0v) is 14.0. The molecule has 5 heteroatoms. The van der Waals surface area contributed by atoms with Crippen molar-refractivity contribution in [3.05, 3.63) is 58.3 Å². The second-order valence-electron chi connectivity index (χ2n) is 5.28. The van der Waals surface area contributed by atoms with Crippen molar-refractivity contribution in [2.24, 2.45) is 5.92 Å². The molecule has 1 amide bonds. The third-order valence-electron chi connectivity index (χ3n) is 2.89. The summed E-state index contributed by atoms with van der Waals surface area (Å²) in [6, 6.07) is 11.8. The molecule has 0 aliphatic rings. The van der Waals surface area contributed by atoms with Crippen LogP contribution in [0.3, 0.4) is 0 Å². The van der Waals surface area contributed by atoms with Crippen molar-refractivity contribution in [1.82, 2.24) is 5.32 Å². The molecule has 2 aromatic rings. The second-order valence-corrected chi connectivity index (χ2v) is 6.20. The van der Waals surface area contributed by atoms with E-state index in [1.807, 2.05) is 32.0 Å². The van der Waals surface area contributed by atoms with Gasteiger partial charge < -0.3 is 10.1 Å². The first kappa shape index (κ1) is 16.5. The molecule has 0 saturated heterocycles. The predicted octanol–water partition coefficient (Wildman–Crippen LogP) is 4.77. The highest BCUT2D eigenvalue weighted by Crippen LogP contribution is 2.30. The molecule has 0 atom stereocenters. The lowest BCUT2D eigenvalue weighted by atomic mass is 10.1. The topological polar surface area (TPSA) is 38.3 Å². The van der Waals surface area contributed by atoms with Gasteiger partial charge in [-0.15, -0.1) is 0 Å². The third kappa shape index (κ3) is 4.31. The summed E-state index contributed by atoms with van der Waals surface area (Å²) in [6.07, 6.45) is 0. The van der Waals surface area contributed by atoms with Crippen LogP contribution in [0.1, 0.15) is 24.2 Å². The van der Waals surface area contributed by atoms with Gasteiger partial charge in [0.15, 0.2) is 0 Å². The fraction of sp³-hybridized carbons (Fsp3) is 0.235. The van der Waals surface area contributed by atoms with Gasteiger partial charge in [0.25, 0.3) is 5.91 Å². The molecule has 0 heterocycles. The van der Waals surface area contributed by atoms with Crippen molar-refractivity contribution in [2.45, 2.75) is 13.8 Å². The van der Waals surface area contributed by atoms with Crippen LogP contribution in [0.15, 0.2) is 46.9 Å². The Labute approximate surface area is 137 Å². The number of hydrogen-bond acceptors (Lipinski definition) is 2. The molecule has 0 aliphatic carbocycles. The number of benzene rings is 2. The Balaban J connectivity index is 2.33. The standard InChI is InChI=1S/C17H17BrFNO2/c1-11(2)10-20-17(21)16-14(19)8-12(18)9-15(16)22-13-6-4-3-5-7-13/h3-9,11H,10H2,1-2H3,(H,20,21). The highest BCUT2D eigenvalue weighted by atomic mass is 79.9. The van der Waals surface area contributed by atoms with E-state index in [9.17, 15) is 9.18 Å². The van der Waals surface area contributed by atoms with Gasteiger partial charge in [-0.1, -0.05) is 48.0 Å². The quantitative estimate of drug-likeness (QED) is 0.828. The lowest BCUT2D eigenvalue weighted by Crippen LogP contribution is -2.28. The average Bonchev–Trinajstić information content (AvgIpc) is 2.45. The van der Waals surface area contributed by atoms with E-state index in [0.29, 0.717) is 16.8 Å². The molecule has 3 nitrogen and oxygen atoms in total. The monoisotopic (exact) mass is 365 g/mol. The van der Waals surface area contributed by atoms with Crippen LogP contribution in [-0.2, 0) is 0 Å². The number of rotatable bonds is 5. The summed E-state index contributed by atoms with van der Waals surface area (Å²) in [6.45, 7) is 4.41. The Hall–Kier alpha value is -1.88. The molecule has 0 unspecified atom stereocenters. The largest absolute Gasteiger partial charge is 0.456 e. The Morgan fingerprint density at radius 3 is 2.59 bits per heavy atom. The van der Waals surface area contributed by atoms with Gasteiger partial charge in [0, 0.05) is 11.0 Å². The Morgan fingerprint density at radius 1 is 1.27 bits per heavy atom. The predicted molar refractivity (Wildman–Crippen MR) is 87.8 cm³/mol. The van der Waals surface area contributed by atoms with E-state index in [1.165, 1.54) is 6.07 Å². The van der Waals surface area contributed by atoms with Crippen LogP contribution < -0.4 is 10.1 Å². The maximum absolute atomic E-state index is 14.2. The Morgan fingerprint density at radius 2 is 1.95 bits per heavy atom. The van der Waals surface area contributed by atoms with Crippen LogP contribution >= 0.6 is 15.9 Å². The van der Waals surface area contributed by atoms with Crippen LogP contribution in [0.5, 0.6) is 11.5 Å². The molecule has 0 saturated carbocycles. The molecule has 2 rings (SSSR count). The van der Waals surface area contributed by atoms with Crippen molar-refractivity contribution in [2.75, 3.05) is 6.54 Å². The minimum absolute atomic E-state index is 0.0901. The van der Waals surface area contributed by atoms with E-state index >= 15 is 0 Å². The second kappa shape index (κ2) is 7.40. The zero-order valence-electron chi connectivity index (χ0n) is 12.4. The number of carbonyl (C=O) groups is 1. The minimum Gasteiger partial charge on any atom is -0.456 e. The number of nitrogens with one attached hydrogen (secondary N) is 1. The highest BCUT2D eigenvalue weighted by molar-refractivity contribution is 9.10. The zero-order chi connectivity index (χ0) is 16.1. The lowest BCUT2D eigenvalue weighted by Gasteiger charge is -2.14. The SMILES string of the molecule is CC(C)CNC(=O)c1c(F)cc(Br)cc1Oc1ccccc1. The Bertz CT molecular complexity index is 659. The molecule has 0 radical (unpaired) electrons. The van der Waals surface area contributed by atoms with Gasteiger partial charge in [0.1, 0.15) is 22.9 Å². The summed E-state index contributed by atoms with van der Waals surface area (Å²) < 4.78 is 20.4. The number of amides is 1. The average molecular weight is 366 g/mol. The number of hydrogen-bond donors (Lipinski definition) is 1. The van der Waals surface area contributed by atoms with Gasteiger partial charge in [-0.05, 0) is 30.2 Å². The summed E-state index contributed by atoms with van der Waals surface area (Å²) in [4.78, 5) is 12.2. The smallest absolute Gasteiger partial charge is 0.258 e. The number of halogens is 2. The lowest BCUT2D eigenvalue weighted by molar-refractivity contribution is 0.0942. The van der Waals surface area contributed by atoms with Crippen molar-refractivity contribution in [1.29, 1.82) is 0 Å². The molecule has 0 spiro atoms. The first-order valence-corrected chi connectivity index (χ1v) is 7.77. The van der Waals surface area contributed by atoms with Crippen molar-refractivity contribution in [3.8, 4) is 11.5 Å². The van der Waals surface area contributed by atoms with E-state index in [1.54, 1.807) is 18.2 Å². The maximum Gasteiger partial charge on any atom is 0.258 e. The highest BCUT2D eigenvalue weighted by Gasteiger charge is 2.20. The van der Waals surface area contributed by atoms with Gasteiger partial charge in [-0.3, -0.25) is 4.79 Å². The molecule has 116 valence electrons. The molecule has 0 fully saturated rings. The molecular weight excluding hydrogens is 349 g/mol. The van der Waals surface area contributed by atoms with Gasteiger partial charge >= 0.3 is 0 Å². The van der Waals surface area contributed by atoms with E-state index in [2.05, 4.69) is 21.2 Å². The Kier molecular flexibility index (Phi) is 5.55. The molecule has 2 aromatic carbocycles. The van der Waals surface area contributed by atoms with Crippen LogP contribution in [-0.4, -0.2) is 12.5 Å². The first-order chi connectivity index (χ1) is 10.5. The van der Waals surface area contributed by atoms with Crippen LogP contribution in [0.4, 0.5) is 4.39 Å². The van der Waals surface area contributed by atoms with Crippen LogP contribution in [0.2, 0.25) is 0 Å². The number of ether oxygens (including phenoxy) is 1. The normalized spacial score (nSPS) is 10.6. The minimum atomic E-state index is -0.624.